The van der Waals surface area contributed by atoms with Crippen LogP contribution < -0.4 is 5.32 Å². The molecule has 0 saturated heterocycles. The summed E-state index contributed by atoms with van der Waals surface area (Å²) in [7, 11) is 1.63. The highest BCUT2D eigenvalue weighted by atomic mass is 35.5. The second-order valence-corrected chi connectivity index (χ2v) is 4.78. The Morgan fingerprint density at radius 2 is 2.22 bits per heavy atom. The molecule has 0 spiro atoms. The van der Waals surface area contributed by atoms with Crippen molar-refractivity contribution in [3.8, 4) is 0 Å². The number of hydrogen-bond donors (Lipinski definition) is 1. The number of nitrogens with zero attached hydrogens (tertiary/aromatic N) is 2. The first kappa shape index (κ1) is 15.2. The molecule has 1 rings (SSSR count). The topological polar surface area (TPSA) is 45.2 Å². The Labute approximate surface area is 117 Å². The average molecular weight is 290 g/mol. The summed E-state index contributed by atoms with van der Waals surface area (Å²) in [6.07, 6.45) is 2.62. The molecule has 0 fully saturated rings. The monoisotopic (exact) mass is 289 g/mol. The fraction of sp³-hybridized carbons (Fsp3) is 0.500. The molecule has 1 heterocycles. The minimum absolute atomic E-state index is 0.0125. The smallest absolute Gasteiger partial charge is 0.233 e. The predicted octanol–water partition coefficient (Wildman–Crippen LogP) is 2.35. The van der Waals surface area contributed by atoms with Crippen molar-refractivity contribution in [2.75, 3.05) is 20.1 Å². The molecule has 0 radical (unpaired) electrons. The van der Waals surface area contributed by atoms with Crippen LogP contribution in [0.5, 0.6) is 0 Å². The number of aromatic nitrogens is 1. The predicted molar refractivity (Wildman–Crippen MR) is 73.9 cm³/mol. The van der Waals surface area contributed by atoms with Gasteiger partial charge >= 0.3 is 0 Å². The molecule has 0 atom stereocenters. The van der Waals surface area contributed by atoms with E-state index in [0.29, 0.717) is 23.3 Å². The van der Waals surface area contributed by atoms with Crippen LogP contribution in [0.25, 0.3) is 0 Å². The Balaban J connectivity index is 2.72. The Bertz CT molecular complexity index is 412. The van der Waals surface area contributed by atoms with Gasteiger partial charge in [0, 0.05) is 30.4 Å². The summed E-state index contributed by atoms with van der Waals surface area (Å²) in [6.45, 7) is 3.83. The molecule has 4 nitrogen and oxygen atoms in total. The van der Waals surface area contributed by atoms with Crippen molar-refractivity contribution >= 4 is 29.1 Å². The van der Waals surface area contributed by atoms with Crippen molar-refractivity contribution < 1.29 is 4.79 Å². The van der Waals surface area contributed by atoms with E-state index >= 15 is 0 Å². The Hall–Kier alpha value is -0.840. The van der Waals surface area contributed by atoms with Crippen LogP contribution in [0.2, 0.25) is 10.2 Å². The molecule has 0 aliphatic carbocycles. The van der Waals surface area contributed by atoms with E-state index in [1.54, 1.807) is 19.3 Å². The minimum atomic E-state index is -0.0125. The number of amides is 1. The number of hydrogen-bond acceptors (Lipinski definition) is 3. The van der Waals surface area contributed by atoms with E-state index in [9.17, 15) is 4.79 Å². The lowest BCUT2D eigenvalue weighted by atomic mass is 10.2. The number of likely N-dealkylation sites (N-methyl/N-ethyl adjacent to an activating group) is 1. The van der Waals surface area contributed by atoms with E-state index in [4.69, 9.17) is 23.2 Å². The molecular weight excluding hydrogens is 273 g/mol. The van der Waals surface area contributed by atoms with Crippen LogP contribution in [-0.4, -0.2) is 35.9 Å². The van der Waals surface area contributed by atoms with Crippen LogP contribution >= 0.6 is 23.2 Å². The van der Waals surface area contributed by atoms with Crippen molar-refractivity contribution in [1.29, 1.82) is 0 Å². The van der Waals surface area contributed by atoms with Crippen molar-refractivity contribution in [3.63, 3.8) is 0 Å². The summed E-state index contributed by atoms with van der Waals surface area (Å²) >= 11 is 11.8. The Morgan fingerprint density at radius 3 is 2.78 bits per heavy atom. The van der Waals surface area contributed by atoms with E-state index in [-0.39, 0.29) is 5.91 Å². The molecule has 0 aliphatic rings. The van der Waals surface area contributed by atoms with E-state index < -0.39 is 0 Å². The van der Waals surface area contributed by atoms with Gasteiger partial charge in [0.25, 0.3) is 0 Å². The summed E-state index contributed by atoms with van der Waals surface area (Å²) < 4.78 is 0. The van der Waals surface area contributed by atoms with Crippen molar-refractivity contribution in [1.82, 2.24) is 15.2 Å². The van der Waals surface area contributed by atoms with Gasteiger partial charge in [0.2, 0.25) is 5.91 Å². The molecular formula is C12H17Cl2N3O. The fourth-order valence-corrected chi connectivity index (χ4v) is 2.03. The molecule has 1 aromatic heterocycles. The molecule has 0 saturated carbocycles. The molecule has 1 aromatic rings. The number of carbonyl (C=O) groups is 1. The zero-order valence-corrected chi connectivity index (χ0v) is 12.1. The third-order valence-electron chi connectivity index (χ3n) is 2.48. The second kappa shape index (κ2) is 7.56. The van der Waals surface area contributed by atoms with Crippen molar-refractivity contribution in [2.24, 2.45) is 0 Å². The zero-order valence-electron chi connectivity index (χ0n) is 10.5. The van der Waals surface area contributed by atoms with Crippen molar-refractivity contribution in [3.05, 3.63) is 28.0 Å². The number of pyridine rings is 1. The fourth-order valence-electron chi connectivity index (χ4n) is 1.61. The molecule has 0 aliphatic heterocycles. The number of halogens is 2. The molecule has 0 aromatic carbocycles. The molecule has 100 valence electrons. The van der Waals surface area contributed by atoms with Crippen LogP contribution in [0.3, 0.4) is 0 Å². The van der Waals surface area contributed by atoms with Gasteiger partial charge < -0.3 is 5.32 Å². The first-order valence-electron chi connectivity index (χ1n) is 5.79. The van der Waals surface area contributed by atoms with E-state index in [2.05, 4.69) is 17.2 Å². The summed E-state index contributed by atoms with van der Waals surface area (Å²) in [5.74, 6) is -0.0125. The Morgan fingerprint density at radius 1 is 1.50 bits per heavy atom. The van der Waals surface area contributed by atoms with Crippen LogP contribution in [-0.2, 0) is 11.3 Å². The molecule has 1 N–H and O–H groups in total. The summed E-state index contributed by atoms with van der Waals surface area (Å²) in [5, 5.41) is 3.56. The number of carbonyl (C=O) groups excluding carboxylic acids is 1. The van der Waals surface area contributed by atoms with E-state index in [1.165, 1.54) is 0 Å². The van der Waals surface area contributed by atoms with Gasteiger partial charge in [0.05, 0.1) is 6.54 Å². The zero-order chi connectivity index (χ0) is 13.5. The molecule has 6 heteroatoms. The molecule has 0 unspecified atom stereocenters. The van der Waals surface area contributed by atoms with E-state index in [0.717, 1.165) is 18.5 Å². The van der Waals surface area contributed by atoms with Gasteiger partial charge in [-0.15, -0.1) is 0 Å². The Kier molecular flexibility index (Phi) is 6.39. The van der Waals surface area contributed by atoms with Gasteiger partial charge in [-0.2, -0.15) is 0 Å². The summed E-state index contributed by atoms with van der Waals surface area (Å²) in [5.41, 5.74) is 0.874. The third-order valence-corrected chi connectivity index (χ3v) is 3.03. The van der Waals surface area contributed by atoms with Gasteiger partial charge in [-0.3, -0.25) is 9.69 Å². The van der Waals surface area contributed by atoms with Gasteiger partial charge in [-0.25, -0.2) is 4.98 Å². The highest BCUT2D eigenvalue weighted by Crippen LogP contribution is 2.20. The molecule has 18 heavy (non-hydrogen) atoms. The molecule has 1 amide bonds. The number of nitrogens with one attached hydrogen (secondary N) is 1. The average Bonchev–Trinajstić information content (AvgIpc) is 2.32. The standard InChI is InChI=1S/C12H17Cl2N3O/c1-3-4-17(8-12(18)15-2)7-9-6-16-11(14)5-10(9)13/h5-6H,3-4,7-8H2,1-2H3,(H,15,18). The quantitative estimate of drug-likeness (QED) is 0.818. The maximum Gasteiger partial charge on any atom is 0.233 e. The lowest BCUT2D eigenvalue weighted by molar-refractivity contribution is -0.121. The third kappa shape index (κ3) is 4.80. The van der Waals surface area contributed by atoms with Crippen LogP contribution in [0, 0.1) is 0 Å². The van der Waals surface area contributed by atoms with Crippen LogP contribution in [0.1, 0.15) is 18.9 Å². The second-order valence-electron chi connectivity index (χ2n) is 3.98. The normalized spacial score (nSPS) is 10.7. The first-order chi connectivity index (χ1) is 8.56. The lowest BCUT2D eigenvalue weighted by Gasteiger charge is -2.21. The lowest BCUT2D eigenvalue weighted by Crippen LogP contribution is -2.35. The van der Waals surface area contributed by atoms with Gasteiger partial charge in [-0.1, -0.05) is 30.1 Å². The highest BCUT2D eigenvalue weighted by molar-refractivity contribution is 6.34. The highest BCUT2D eigenvalue weighted by Gasteiger charge is 2.12. The summed E-state index contributed by atoms with van der Waals surface area (Å²) in [6, 6.07) is 1.61. The number of rotatable bonds is 6. The van der Waals surface area contributed by atoms with Crippen LogP contribution in [0.15, 0.2) is 12.3 Å². The van der Waals surface area contributed by atoms with Crippen molar-refractivity contribution in [2.45, 2.75) is 19.9 Å². The van der Waals surface area contributed by atoms with Gasteiger partial charge in [-0.05, 0) is 19.0 Å². The minimum Gasteiger partial charge on any atom is -0.358 e. The van der Waals surface area contributed by atoms with Crippen LogP contribution in [0.4, 0.5) is 0 Å². The first-order valence-corrected chi connectivity index (χ1v) is 6.55. The van der Waals surface area contributed by atoms with Gasteiger partial charge in [0.1, 0.15) is 5.15 Å². The summed E-state index contributed by atoms with van der Waals surface area (Å²) in [4.78, 5) is 17.4. The maximum atomic E-state index is 11.4. The SMILES string of the molecule is CCCN(CC(=O)NC)Cc1cnc(Cl)cc1Cl. The largest absolute Gasteiger partial charge is 0.358 e. The van der Waals surface area contributed by atoms with E-state index in [1.807, 2.05) is 4.90 Å². The maximum absolute atomic E-state index is 11.4. The molecule has 0 bridgehead atoms. The van der Waals surface area contributed by atoms with Gasteiger partial charge in [0.15, 0.2) is 0 Å².